The van der Waals surface area contributed by atoms with Crippen molar-refractivity contribution in [3.8, 4) is 0 Å². The van der Waals surface area contributed by atoms with Gasteiger partial charge in [0.15, 0.2) is 0 Å². The van der Waals surface area contributed by atoms with Crippen molar-refractivity contribution in [2.45, 2.75) is 13.0 Å². The van der Waals surface area contributed by atoms with Crippen LogP contribution in [-0.2, 0) is 0 Å². The maximum Gasteiger partial charge on any atom is 0.106 e. The average Bonchev–Trinajstić information content (AvgIpc) is 2.74. The predicted molar refractivity (Wildman–Crippen MR) is 63.7 cm³/mol. The first-order valence-corrected chi connectivity index (χ1v) is 5.54. The molecule has 1 unspecified atom stereocenters. The second-order valence-electron chi connectivity index (χ2n) is 3.56. The molecule has 0 amide bonds. The Morgan fingerprint density at radius 3 is 2.67 bits per heavy atom. The second-order valence-corrected chi connectivity index (χ2v) is 4.41. The summed E-state index contributed by atoms with van der Waals surface area (Å²) in [5, 5.41) is 10.1. The number of hydrogen-bond donors (Lipinski definition) is 2. The molecular formula is C12H12BrNO. The Morgan fingerprint density at radius 2 is 2.07 bits per heavy atom. The molecule has 78 valence electrons. The Labute approximate surface area is 97.1 Å². The van der Waals surface area contributed by atoms with Gasteiger partial charge in [-0.2, -0.15) is 0 Å². The summed E-state index contributed by atoms with van der Waals surface area (Å²) in [5.41, 5.74) is 2.94. The lowest BCUT2D eigenvalue weighted by molar-refractivity contribution is 0.220. The van der Waals surface area contributed by atoms with Gasteiger partial charge in [0, 0.05) is 22.4 Å². The van der Waals surface area contributed by atoms with E-state index in [1.54, 1.807) is 6.20 Å². The van der Waals surface area contributed by atoms with Gasteiger partial charge in [-0.25, -0.2) is 0 Å². The molecule has 1 aromatic carbocycles. The van der Waals surface area contributed by atoms with Gasteiger partial charge in [-0.1, -0.05) is 28.1 Å². The lowest BCUT2D eigenvalue weighted by Crippen LogP contribution is -1.98. The van der Waals surface area contributed by atoms with Crippen LogP contribution in [-0.4, -0.2) is 10.1 Å². The van der Waals surface area contributed by atoms with Crippen LogP contribution < -0.4 is 0 Å². The number of aliphatic hydroxyl groups is 1. The van der Waals surface area contributed by atoms with Crippen molar-refractivity contribution < 1.29 is 5.11 Å². The molecule has 0 saturated carbocycles. The van der Waals surface area contributed by atoms with E-state index in [1.807, 2.05) is 37.4 Å². The van der Waals surface area contributed by atoms with E-state index in [4.69, 9.17) is 0 Å². The highest BCUT2D eigenvalue weighted by Gasteiger charge is 2.11. The van der Waals surface area contributed by atoms with Crippen LogP contribution >= 0.6 is 15.9 Å². The molecule has 3 heteroatoms. The largest absolute Gasteiger partial charge is 0.384 e. The fourth-order valence-corrected chi connectivity index (χ4v) is 1.88. The maximum atomic E-state index is 10.1. The molecule has 1 aromatic heterocycles. The molecule has 0 aliphatic carbocycles. The monoisotopic (exact) mass is 265 g/mol. The van der Waals surface area contributed by atoms with Crippen molar-refractivity contribution in [2.24, 2.45) is 0 Å². The summed E-state index contributed by atoms with van der Waals surface area (Å²) < 4.78 is 1.02. The van der Waals surface area contributed by atoms with Gasteiger partial charge < -0.3 is 10.1 Å². The molecule has 0 aliphatic heterocycles. The summed E-state index contributed by atoms with van der Waals surface area (Å²) in [7, 11) is 0. The summed E-state index contributed by atoms with van der Waals surface area (Å²) in [5.74, 6) is 0. The lowest BCUT2D eigenvalue weighted by atomic mass is 10.0. The van der Waals surface area contributed by atoms with Gasteiger partial charge in [-0.3, -0.25) is 0 Å². The van der Waals surface area contributed by atoms with Crippen LogP contribution in [0, 0.1) is 6.92 Å². The van der Waals surface area contributed by atoms with Gasteiger partial charge in [0.25, 0.3) is 0 Å². The molecule has 1 heterocycles. The van der Waals surface area contributed by atoms with Crippen molar-refractivity contribution in [2.75, 3.05) is 0 Å². The van der Waals surface area contributed by atoms with Crippen molar-refractivity contribution in [1.82, 2.24) is 4.98 Å². The molecule has 0 spiro atoms. The zero-order valence-corrected chi connectivity index (χ0v) is 9.95. The van der Waals surface area contributed by atoms with Crippen LogP contribution in [0.2, 0.25) is 0 Å². The molecule has 0 fully saturated rings. The molecule has 2 N–H and O–H groups in total. The van der Waals surface area contributed by atoms with Gasteiger partial charge in [0.1, 0.15) is 6.10 Å². The molecule has 15 heavy (non-hydrogen) atoms. The standard InChI is InChI=1S/C12H12BrNO/c1-8-2-3-9(6-11(8)13)12(15)10-4-5-14-7-10/h2-7,12,14-15H,1H3. The molecule has 2 rings (SSSR count). The zero-order valence-electron chi connectivity index (χ0n) is 8.37. The molecule has 0 aliphatic rings. The topological polar surface area (TPSA) is 36.0 Å². The molecule has 0 radical (unpaired) electrons. The van der Waals surface area contributed by atoms with E-state index >= 15 is 0 Å². The Morgan fingerprint density at radius 1 is 1.27 bits per heavy atom. The number of aromatic amines is 1. The van der Waals surface area contributed by atoms with Crippen LogP contribution in [0.1, 0.15) is 22.8 Å². The summed E-state index contributed by atoms with van der Waals surface area (Å²) in [6.45, 7) is 2.02. The molecule has 2 aromatic rings. The number of nitrogens with one attached hydrogen (secondary N) is 1. The molecule has 0 bridgehead atoms. The highest BCUT2D eigenvalue weighted by molar-refractivity contribution is 9.10. The first-order chi connectivity index (χ1) is 7.18. The highest BCUT2D eigenvalue weighted by Crippen LogP contribution is 2.25. The third-order valence-corrected chi connectivity index (χ3v) is 3.30. The van der Waals surface area contributed by atoms with Gasteiger partial charge in [0.2, 0.25) is 0 Å². The Bertz CT molecular complexity index is 451. The minimum atomic E-state index is -0.562. The zero-order chi connectivity index (χ0) is 10.8. The fraction of sp³-hybridized carbons (Fsp3) is 0.167. The average molecular weight is 266 g/mol. The number of aromatic nitrogens is 1. The minimum Gasteiger partial charge on any atom is -0.384 e. The number of hydrogen-bond acceptors (Lipinski definition) is 1. The SMILES string of the molecule is Cc1ccc(C(O)c2cc[nH]c2)cc1Br. The van der Waals surface area contributed by atoms with Crippen molar-refractivity contribution in [3.05, 3.63) is 57.8 Å². The second kappa shape index (κ2) is 4.21. The molecule has 2 nitrogen and oxygen atoms in total. The van der Waals surface area contributed by atoms with Gasteiger partial charge in [0.05, 0.1) is 0 Å². The third-order valence-electron chi connectivity index (χ3n) is 2.45. The first kappa shape index (κ1) is 10.5. The third kappa shape index (κ3) is 2.13. The Balaban J connectivity index is 2.34. The summed E-state index contributed by atoms with van der Waals surface area (Å²) in [6, 6.07) is 7.76. The minimum absolute atomic E-state index is 0.562. The maximum absolute atomic E-state index is 10.1. The molecule has 1 atom stereocenters. The van der Waals surface area contributed by atoms with Crippen LogP contribution in [0.5, 0.6) is 0 Å². The number of aryl methyl sites for hydroxylation is 1. The predicted octanol–water partition coefficient (Wildman–Crippen LogP) is 3.17. The van der Waals surface area contributed by atoms with E-state index < -0.39 is 6.10 Å². The number of aliphatic hydroxyl groups excluding tert-OH is 1. The van der Waals surface area contributed by atoms with E-state index in [1.165, 1.54) is 5.56 Å². The van der Waals surface area contributed by atoms with Crippen molar-refractivity contribution in [1.29, 1.82) is 0 Å². The smallest absolute Gasteiger partial charge is 0.106 e. The number of benzene rings is 1. The van der Waals surface area contributed by atoms with E-state index in [0.717, 1.165) is 15.6 Å². The quantitative estimate of drug-likeness (QED) is 0.860. The van der Waals surface area contributed by atoms with Gasteiger partial charge in [-0.15, -0.1) is 0 Å². The van der Waals surface area contributed by atoms with Crippen LogP contribution in [0.3, 0.4) is 0 Å². The van der Waals surface area contributed by atoms with Gasteiger partial charge >= 0.3 is 0 Å². The number of H-pyrrole nitrogens is 1. The van der Waals surface area contributed by atoms with Gasteiger partial charge in [-0.05, 0) is 30.2 Å². The van der Waals surface area contributed by atoms with Crippen molar-refractivity contribution in [3.63, 3.8) is 0 Å². The lowest BCUT2D eigenvalue weighted by Gasteiger charge is -2.10. The molecule has 0 saturated heterocycles. The first-order valence-electron chi connectivity index (χ1n) is 4.75. The Kier molecular flexibility index (Phi) is 2.93. The number of halogens is 1. The number of rotatable bonds is 2. The van der Waals surface area contributed by atoms with Crippen LogP contribution in [0.15, 0.2) is 41.1 Å². The fourth-order valence-electron chi connectivity index (χ4n) is 1.48. The summed E-state index contributed by atoms with van der Waals surface area (Å²) >= 11 is 3.46. The summed E-state index contributed by atoms with van der Waals surface area (Å²) in [6.07, 6.45) is 3.05. The molecular weight excluding hydrogens is 254 g/mol. The summed E-state index contributed by atoms with van der Waals surface area (Å²) in [4.78, 5) is 2.93. The van der Waals surface area contributed by atoms with E-state index in [-0.39, 0.29) is 0 Å². The van der Waals surface area contributed by atoms with Crippen LogP contribution in [0.25, 0.3) is 0 Å². The van der Waals surface area contributed by atoms with E-state index in [2.05, 4.69) is 20.9 Å². The Hall–Kier alpha value is -1.06. The van der Waals surface area contributed by atoms with Crippen molar-refractivity contribution >= 4 is 15.9 Å². The normalized spacial score (nSPS) is 12.7. The van der Waals surface area contributed by atoms with E-state index in [9.17, 15) is 5.11 Å². The highest BCUT2D eigenvalue weighted by atomic mass is 79.9. The van der Waals surface area contributed by atoms with Crippen LogP contribution in [0.4, 0.5) is 0 Å². The van der Waals surface area contributed by atoms with E-state index in [0.29, 0.717) is 0 Å².